The summed E-state index contributed by atoms with van der Waals surface area (Å²) in [4.78, 5) is 24.7. The zero-order valence-corrected chi connectivity index (χ0v) is 63.5. The molecule has 2 atom stereocenters. The van der Waals surface area contributed by atoms with Crippen LogP contribution in [0.25, 0.3) is 0 Å². The highest BCUT2D eigenvalue weighted by molar-refractivity contribution is 5.76. The third-order valence-corrected chi connectivity index (χ3v) is 20.5. The van der Waals surface area contributed by atoms with Gasteiger partial charge in [-0.2, -0.15) is 0 Å². The first-order valence-electron chi connectivity index (χ1n) is 43.1. The molecule has 0 aliphatic heterocycles. The number of allylic oxidation sites excluding steroid dienone is 3. The van der Waals surface area contributed by atoms with Crippen molar-refractivity contribution in [2.45, 2.75) is 508 Å². The molecule has 0 aromatic heterocycles. The van der Waals surface area contributed by atoms with E-state index < -0.39 is 12.1 Å². The van der Waals surface area contributed by atoms with E-state index in [4.69, 9.17) is 4.74 Å². The van der Waals surface area contributed by atoms with E-state index in [0.717, 1.165) is 44.9 Å². The molecule has 0 aromatic rings. The van der Waals surface area contributed by atoms with Crippen LogP contribution >= 0.6 is 0 Å². The molecule has 0 aliphatic carbocycles. The van der Waals surface area contributed by atoms with Gasteiger partial charge in [0, 0.05) is 12.8 Å². The van der Waals surface area contributed by atoms with Gasteiger partial charge in [-0.25, -0.2) is 0 Å². The molecule has 0 saturated heterocycles. The van der Waals surface area contributed by atoms with E-state index in [9.17, 15) is 19.8 Å². The average molecular weight is 1310 g/mol. The fourth-order valence-corrected chi connectivity index (χ4v) is 13.9. The number of esters is 1. The number of rotatable bonds is 82. The molecule has 93 heavy (non-hydrogen) atoms. The Labute approximate surface area is 583 Å². The fourth-order valence-electron chi connectivity index (χ4n) is 13.9. The Balaban J connectivity index is 3.33. The largest absolute Gasteiger partial charge is 0.466 e. The molecular formula is C87H169NO5. The van der Waals surface area contributed by atoms with Crippen molar-refractivity contribution in [1.29, 1.82) is 0 Å². The zero-order chi connectivity index (χ0) is 67.0. The maximum atomic E-state index is 12.6. The van der Waals surface area contributed by atoms with E-state index in [-0.39, 0.29) is 18.5 Å². The van der Waals surface area contributed by atoms with Gasteiger partial charge in [-0.15, -0.1) is 0 Å². The average Bonchev–Trinajstić information content (AvgIpc) is 3.78. The van der Waals surface area contributed by atoms with Gasteiger partial charge in [0.25, 0.3) is 0 Å². The first-order valence-corrected chi connectivity index (χ1v) is 43.1. The smallest absolute Gasteiger partial charge is 0.305 e. The minimum Gasteiger partial charge on any atom is -0.466 e. The van der Waals surface area contributed by atoms with Crippen molar-refractivity contribution in [3.8, 4) is 0 Å². The normalized spacial score (nSPS) is 12.5. The van der Waals surface area contributed by atoms with Crippen LogP contribution < -0.4 is 5.32 Å². The fraction of sp³-hybridized carbons (Fsp3) is 0.931. The summed E-state index contributed by atoms with van der Waals surface area (Å²) in [5.74, 6) is -0.0401. The second kappa shape index (κ2) is 82.8. The summed E-state index contributed by atoms with van der Waals surface area (Å²) in [7, 11) is 0. The van der Waals surface area contributed by atoms with Crippen LogP contribution in [-0.2, 0) is 14.3 Å². The molecule has 2 unspecified atom stereocenters. The Bertz CT molecular complexity index is 1460. The lowest BCUT2D eigenvalue weighted by atomic mass is 10.0. The predicted molar refractivity (Wildman–Crippen MR) is 412 cm³/mol. The molecule has 6 nitrogen and oxygen atoms in total. The summed E-state index contributed by atoms with van der Waals surface area (Å²) >= 11 is 0. The molecule has 3 N–H and O–H groups in total. The minimum atomic E-state index is -0.842. The molecule has 0 heterocycles. The van der Waals surface area contributed by atoms with Gasteiger partial charge >= 0.3 is 5.97 Å². The number of carbonyl (C=O) groups excluding carboxylic acids is 2. The maximum absolute atomic E-state index is 12.6. The molecule has 0 aliphatic rings. The van der Waals surface area contributed by atoms with Crippen LogP contribution in [-0.4, -0.2) is 47.4 Å². The van der Waals surface area contributed by atoms with E-state index in [0.29, 0.717) is 19.4 Å². The first kappa shape index (κ1) is 91.3. The maximum Gasteiger partial charge on any atom is 0.305 e. The second-order valence-corrected chi connectivity index (χ2v) is 29.9. The van der Waals surface area contributed by atoms with Gasteiger partial charge < -0.3 is 20.3 Å². The van der Waals surface area contributed by atoms with Gasteiger partial charge in [0.2, 0.25) is 5.91 Å². The van der Waals surface area contributed by atoms with Gasteiger partial charge in [-0.1, -0.05) is 449 Å². The summed E-state index contributed by atoms with van der Waals surface area (Å²) in [5, 5.41) is 23.3. The highest BCUT2D eigenvalue weighted by Crippen LogP contribution is 2.21. The number of carbonyl (C=O) groups is 2. The lowest BCUT2D eigenvalue weighted by Crippen LogP contribution is -2.45. The first-order chi connectivity index (χ1) is 46.0. The lowest BCUT2D eigenvalue weighted by Gasteiger charge is -2.20. The summed E-state index contributed by atoms with van der Waals surface area (Å²) in [6.45, 7) is 4.96. The van der Waals surface area contributed by atoms with Crippen molar-refractivity contribution in [2.75, 3.05) is 13.2 Å². The molecule has 0 rings (SSSR count). The quantitative estimate of drug-likeness (QED) is 0.0320. The Kier molecular flexibility index (Phi) is 81.3. The Morgan fingerprint density at radius 1 is 0.290 bits per heavy atom. The van der Waals surface area contributed by atoms with Crippen molar-refractivity contribution < 1.29 is 24.5 Å². The van der Waals surface area contributed by atoms with E-state index >= 15 is 0 Å². The van der Waals surface area contributed by atoms with Gasteiger partial charge in [0.15, 0.2) is 0 Å². The van der Waals surface area contributed by atoms with Crippen LogP contribution in [0, 0.1) is 0 Å². The number of amides is 1. The van der Waals surface area contributed by atoms with E-state index in [1.807, 2.05) is 6.08 Å². The molecule has 0 fully saturated rings. The van der Waals surface area contributed by atoms with Crippen molar-refractivity contribution in [3.63, 3.8) is 0 Å². The molecule has 0 bridgehead atoms. The van der Waals surface area contributed by atoms with Crippen molar-refractivity contribution in [3.05, 3.63) is 24.3 Å². The van der Waals surface area contributed by atoms with E-state index in [1.165, 1.54) is 424 Å². The summed E-state index contributed by atoms with van der Waals surface area (Å²) < 4.78 is 5.50. The van der Waals surface area contributed by atoms with E-state index in [1.54, 1.807) is 6.08 Å². The Hall–Kier alpha value is -1.66. The third-order valence-electron chi connectivity index (χ3n) is 20.5. The number of aliphatic hydroxyl groups excluding tert-OH is 2. The highest BCUT2D eigenvalue weighted by atomic mass is 16.5. The van der Waals surface area contributed by atoms with Crippen molar-refractivity contribution in [1.82, 2.24) is 5.32 Å². The Morgan fingerprint density at radius 3 is 0.763 bits per heavy atom. The number of ether oxygens (including phenoxy) is 1. The summed E-state index contributed by atoms with van der Waals surface area (Å²) in [5.41, 5.74) is 0. The topological polar surface area (TPSA) is 95.9 Å². The van der Waals surface area contributed by atoms with Gasteiger partial charge in [0.05, 0.1) is 25.4 Å². The van der Waals surface area contributed by atoms with Gasteiger partial charge in [-0.05, 0) is 57.8 Å². The van der Waals surface area contributed by atoms with Crippen LogP contribution in [0.5, 0.6) is 0 Å². The number of hydrogen-bond acceptors (Lipinski definition) is 5. The highest BCUT2D eigenvalue weighted by Gasteiger charge is 2.18. The molecule has 1 amide bonds. The van der Waals surface area contributed by atoms with E-state index in [2.05, 4.69) is 31.3 Å². The lowest BCUT2D eigenvalue weighted by molar-refractivity contribution is -0.143. The minimum absolute atomic E-state index is 0.0163. The summed E-state index contributed by atoms with van der Waals surface area (Å²) in [6.07, 6.45) is 108. The predicted octanol–water partition coefficient (Wildman–Crippen LogP) is 28.8. The third kappa shape index (κ3) is 79.2. The second-order valence-electron chi connectivity index (χ2n) is 29.9. The van der Waals surface area contributed by atoms with Crippen LogP contribution in [0.4, 0.5) is 0 Å². The summed E-state index contributed by atoms with van der Waals surface area (Å²) in [6, 6.07) is -0.625. The van der Waals surface area contributed by atoms with Crippen molar-refractivity contribution >= 4 is 11.9 Å². The molecule has 0 spiro atoms. The van der Waals surface area contributed by atoms with Crippen LogP contribution in [0.3, 0.4) is 0 Å². The molecule has 552 valence electrons. The monoisotopic (exact) mass is 1310 g/mol. The SMILES string of the molecule is CCCCCCCC/C=C\CCCCCCCC(=O)OCCCCCCCCCCCCCCCCCCCCCCCCCCCCCCCCCCCCCCCC(=O)NC(CO)C(O)/C=C/CCCCCCCCCCCCCCCCCCCCCCCC. The van der Waals surface area contributed by atoms with Crippen LogP contribution in [0.15, 0.2) is 24.3 Å². The van der Waals surface area contributed by atoms with Crippen molar-refractivity contribution in [2.24, 2.45) is 0 Å². The van der Waals surface area contributed by atoms with Crippen LogP contribution in [0.1, 0.15) is 495 Å². The standard InChI is InChI=1S/C87H169NO5/c1-3-5-7-9-11-13-15-17-19-20-21-22-23-39-42-45-48-52-55-59-63-67-71-75-79-85(90)84(83-89)88-86(91)80-76-72-68-64-60-56-53-49-46-43-40-37-35-33-31-29-27-25-24-26-28-30-32-34-36-38-41-44-47-50-54-58-62-66-70-74-78-82-93-87(92)81-77-73-69-65-61-57-51-18-16-14-12-10-8-6-4-2/h18,51,75,79,84-85,89-90H,3-17,19-50,52-74,76-78,80-83H2,1-2H3,(H,88,91)/b51-18-,79-75+. The molecule has 0 saturated carbocycles. The number of nitrogens with one attached hydrogen (secondary N) is 1. The van der Waals surface area contributed by atoms with Crippen LogP contribution in [0.2, 0.25) is 0 Å². The zero-order valence-electron chi connectivity index (χ0n) is 63.5. The number of hydrogen-bond donors (Lipinski definition) is 3. The van der Waals surface area contributed by atoms with Gasteiger partial charge in [0.1, 0.15) is 0 Å². The Morgan fingerprint density at radius 2 is 0.505 bits per heavy atom. The molecular weight excluding hydrogens is 1140 g/mol. The molecule has 0 radical (unpaired) electrons. The van der Waals surface area contributed by atoms with Gasteiger partial charge in [-0.3, -0.25) is 9.59 Å². The number of unbranched alkanes of at least 4 members (excludes halogenated alkanes) is 69. The number of aliphatic hydroxyl groups is 2. The molecule has 6 heteroatoms. The molecule has 0 aromatic carbocycles.